The van der Waals surface area contributed by atoms with Gasteiger partial charge >= 0.3 is 5.97 Å². The van der Waals surface area contributed by atoms with Crippen molar-refractivity contribution in [2.75, 3.05) is 13.1 Å². The van der Waals surface area contributed by atoms with E-state index in [1.54, 1.807) is 6.92 Å². The number of carboxylic acids is 1. The van der Waals surface area contributed by atoms with Gasteiger partial charge in [-0.2, -0.15) is 4.31 Å². The Kier molecular flexibility index (Phi) is 4.12. The lowest BCUT2D eigenvalue weighted by Gasteiger charge is -2.30. The Hall–Kier alpha value is -1.44. The van der Waals surface area contributed by atoms with Crippen molar-refractivity contribution in [3.63, 3.8) is 0 Å². The smallest absolute Gasteiger partial charge is 0.335 e. The molecule has 1 heterocycles. The molecular formula is C13H18N2O4S. The molecule has 7 heteroatoms. The minimum Gasteiger partial charge on any atom is -0.478 e. The average Bonchev–Trinajstić information content (AvgIpc) is 2.38. The van der Waals surface area contributed by atoms with E-state index in [9.17, 15) is 13.2 Å². The van der Waals surface area contributed by atoms with Crippen molar-refractivity contribution in [2.45, 2.75) is 30.7 Å². The molecule has 1 aromatic carbocycles. The summed E-state index contributed by atoms with van der Waals surface area (Å²) in [6.45, 7) is 2.36. The van der Waals surface area contributed by atoms with Crippen molar-refractivity contribution in [1.29, 1.82) is 0 Å². The number of aromatic carboxylic acids is 1. The largest absolute Gasteiger partial charge is 0.478 e. The standard InChI is InChI=1S/C13H18N2O4S/c1-9-4-5-10(13(16)17)7-12(9)20(18,19)15-6-2-3-11(14)8-15/h4-5,7,11H,2-3,6,8,14H2,1H3,(H,16,17). The fraction of sp³-hybridized carbons (Fsp3) is 0.462. The number of piperidine rings is 1. The van der Waals surface area contributed by atoms with Crippen molar-refractivity contribution in [2.24, 2.45) is 5.73 Å². The van der Waals surface area contributed by atoms with E-state index in [1.807, 2.05) is 0 Å². The lowest BCUT2D eigenvalue weighted by molar-refractivity contribution is 0.0696. The molecule has 0 saturated carbocycles. The Morgan fingerprint density at radius 3 is 2.75 bits per heavy atom. The second-order valence-electron chi connectivity index (χ2n) is 5.05. The van der Waals surface area contributed by atoms with E-state index in [1.165, 1.54) is 22.5 Å². The number of hydrogen-bond donors (Lipinski definition) is 2. The summed E-state index contributed by atoms with van der Waals surface area (Å²) >= 11 is 0. The Morgan fingerprint density at radius 1 is 1.45 bits per heavy atom. The highest BCUT2D eigenvalue weighted by atomic mass is 32.2. The molecule has 1 fully saturated rings. The first-order valence-electron chi connectivity index (χ1n) is 6.42. The molecule has 0 spiro atoms. The molecule has 1 saturated heterocycles. The van der Waals surface area contributed by atoms with Crippen molar-refractivity contribution in [3.05, 3.63) is 29.3 Å². The summed E-state index contributed by atoms with van der Waals surface area (Å²) in [5.41, 5.74) is 6.32. The predicted molar refractivity (Wildman–Crippen MR) is 74.1 cm³/mol. The van der Waals surface area contributed by atoms with Gasteiger partial charge in [-0.25, -0.2) is 13.2 Å². The number of rotatable bonds is 3. The molecule has 0 bridgehead atoms. The summed E-state index contributed by atoms with van der Waals surface area (Å²) in [5, 5.41) is 8.99. The quantitative estimate of drug-likeness (QED) is 0.860. The van der Waals surface area contributed by atoms with E-state index in [0.717, 1.165) is 12.8 Å². The van der Waals surface area contributed by atoms with Crippen LogP contribution in [0.2, 0.25) is 0 Å². The van der Waals surface area contributed by atoms with Gasteiger partial charge in [-0.3, -0.25) is 0 Å². The molecule has 1 aliphatic heterocycles. The van der Waals surface area contributed by atoms with Gasteiger partial charge in [0.05, 0.1) is 10.5 Å². The van der Waals surface area contributed by atoms with Crippen LogP contribution in [0.1, 0.15) is 28.8 Å². The van der Waals surface area contributed by atoms with Gasteiger partial charge in [0.2, 0.25) is 10.0 Å². The molecule has 0 aliphatic carbocycles. The van der Waals surface area contributed by atoms with Crippen LogP contribution >= 0.6 is 0 Å². The van der Waals surface area contributed by atoms with Gasteiger partial charge in [0.25, 0.3) is 0 Å². The number of hydrogen-bond acceptors (Lipinski definition) is 4. The van der Waals surface area contributed by atoms with Crippen LogP contribution in [0.4, 0.5) is 0 Å². The summed E-state index contributed by atoms with van der Waals surface area (Å²) in [6, 6.07) is 3.97. The minimum absolute atomic E-state index is 0.0320. The van der Waals surface area contributed by atoms with Gasteiger partial charge in [0, 0.05) is 19.1 Å². The van der Waals surface area contributed by atoms with Crippen LogP contribution in [-0.2, 0) is 10.0 Å². The van der Waals surface area contributed by atoms with Gasteiger partial charge < -0.3 is 10.8 Å². The monoisotopic (exact) mass is 298 g/mol. The highest BCUT2D eigenvalue weighted by Gasteiger charge is 2.30. The van der Waals surface area contributed by atoms with Crippen LogP contribution in [-0.4, -0.2) is 42.9 Å². The van der Waals surface area contributed by atoms with Gasteiger partial charge in [0.15, 0.2) is 0 Å². The molecule has 110 valence electrons. The van der Waals surface area contributed by atoms with Crippen LogP contribution in [0.15, 0.2) is 23.1 Å². The zero-order valence-electron chi connectivity index (χ0n) is 11.2. The van der Waals surface area contributed by atoms with E-state index < -0.39 is 16.0 Å². The Labute approximate surface area is 118 Å². The molecule has 1 atom stereocenters. The molecule has 1 unspecified atom stereocenters. The Bertz CT molecular complexity index is 627. The van der Waals surface area contributed by atoms with Gasteiger partial charge in [-0.15, -0.1) is 0 Å². The first-order valence-corrected chi connectivity index (χ1v) is 7.86. The predicted octanol–water partition coefficient (Wildman–Crippen LogP) is 0.805. The van der Waals surface area contributed by atoms with Crippen LogP contribution in [0.5, 0.6) is 0 Å². The third kappa shape index (κ3) is 2.84. The number of nitrogens with two attached hydrogens (primary N) is 1. The summed E-state index contributed by atoms with van der Waals surface area (Å²) in [4.78, 5) is 11.0. The highest BCUT2D eigenvalue weighted by molar-refractivity contribution is 7.89. The molecule has 0 aromatic heterocycles. The van der Waals surface area contributed by atoms with Crippen LogP contribution in [0, 0.1) is 6.92 Å². The number of benzene rings is 1. The summed E-state index contributed by atoms with van der Waals surface area (Å²) in [7, 11) is -3.69. The van der Waals surface area contributed by atoms with E-state index >= 15 is 0 Å². The molecule has 20 heavy (non-hydrogen) atoms. The zero-order chi connectivity index (χ0) is 14.9. The highest BCUT2D eigenvalue weighted by Crippen LogP contribution is 2.24. The fourth-order valence-corrected chi connectivity index (χ4v) is 4.13. The maximum absolute atomic E-state index is 12.6. The molecule has 0 amide bonds. The van der Waals surface area contributed by atoms with Crippen molar-refractivity contribution < 1.29 is 18.3 Å². The molecule has 3 N–H and O–H groups in total. The van der Waals surface area contributed by atoms with Gasteiger partial charge in [-0.05, 0) is 37.5 Å². The van der Waals surface area contributed by atoms with Crippen molar-refractivity contribution in [3.8, 4) is 0 Å². The maximum Gasteiger partial charge on any atom is 0.335 e. The lowest BCUT2D eigenvalue weighted by Crippen LogP contribution is -2.45. The molecule has 0 radical (unpaired) electrons. The van der Waals surface area contributed by atoms with Gasteiger partial charge in [0.1, 0.15) is 0 Å². The maximum atomic E-state index is 12.6. The second-order valence-corrected chi connectivity index (χ2v) is 6.96. The molecule has 1 aromatic rings. The first kappa shape index (κ1) is 15.0. The van der Waals surface area contributed by atoms with E-state index in [4.69, 9.17) is 10.8 Å². The number of carboxylic acid groups (broad SMARTS) is 1. The Morgan fingerprint density at radius 2 is 2.15 bits per heavy atom. The molecule has 1 aliphatic rings. The van der Waals surface area contributed by atoms with E-state index in [0.29, 0.717) is 12.1 Å². The SMILES string of the molecule is Cc1ccc(C(=O)O)cc1S(=O)(=O)N1CCCC(N)C1. The van der Waals surface area contributed by atoms with Crippen LogP contribution in [0.25, 0.3) is 0 Å². The summed E-state index contributed by atoms with van der Waals surface area (Å²) in [5.74, 6) is -1.14. The van der Waals surface area contributed by atoms with Crippen LogP contribution < -0.4 is 5.73 Å². The Balaban J connectivity index is 2.43. The molecular weight excluding hydrogens is 280 g/mol. The molecule has 2 rings (SSSR count). The lowest BCUT2D eigenvalue weighted by atomic mass is 10.1. The normalized spacial score (nSPS) is 20.8. The average molecular weight is 298 g/mol. The van der Waals surface area contributed by atoms with Crippen molar-refractivity contribution in [1.82, 2.24) is 4.31 Å². The van der Waals surface area contributed by atoms with Crippen molar-refractivity contribution >= 4 is 16.0 Å². The van der Waals surface area contributed by atoms with Crippen LogP contribution in [0.3, 0.4) is 0 Å². The molecule has 6 nitrogen and oxygen atoms in total. The third-order valence-corrected chi connectivity index (χ3v) is 5.48. The zero-order valence-corrected chi connectivity index (χ0v) is 12.1. The first-order chi connectivity index (χ1) is 9.32. The fourth-order valence-electron chi connectivity index (χ4n) is 2.34. The van der Waals surface area contributed by atoms with E-state index in [-0.39, 0.29) is 23.0 Å². The minimum atomic E-state index is -3.69. The summed E-state index contributed by atoms with van der Waals surface area (Å²) < 4.78 is 26.6. The second kappa shape index (κ2) is 5.51. The third-order valence-electron chi connectivity index (χ3n) is 3.47. The number of sulfonamides is 1. The number of nitrogens with zero attached hydrogens (tertiary/aromatic N) is 1. The number of carbonyl (C=O) groups is 1. The summed E-state index contributed by atoms with van der Waals surface area (Å²) in [6.07, 6.45) is 1.53. The van der Waals surface area contributed by atoms with Gasteiger partial charge in [-0.1, -0.05) is 6.07 Å². The topological polar surface area (TPSA) is 101 Å². The van der Waals surface area contributed by atoms with E-state index in [2.05, 4.69) is 0 Å². The number of aryl methyl sites for hydroxylation is 1.